The third-order valence-corrected chi connectivity index (χ3v) is 3.20. The number of carboxylic acid groups (broad SMARTS) is 1. The second-order valence-corrected chi connectivity index (χ2v) is 5.72. The van der Waals surface area contributed by atoms with Crippen molar-refractivity contribution >= 4 is 51.2 Å². The number of carboxylic acids is 1. The molecule has 2 aromatic rings. The summed E-state index contributed by atoms with van der Waals surface area (Å²) in [6.45, 7) is 0. The van der Waals surface area contributed by atoms with Crippen LogP contribution in [0.4, 0.5) is 0 Å². The molecule has 0 aliphatic rings. The van der Waals surface area contributed by atoms with Gasteiger partial charge in [0.15, 0.2) is 0 Å². The summed E-state index contributed by atoms with van der Waals surface area (Å²) < 4.78 is 7.07. The summed E-state index contributed by atoms with van der Waals surface area (Å²) in [5, 5.41) is 9.09. The molecule has 0 aliphatic heterocycles. The van der Waals surface area contributed by atoms with E-state index in [4.69, 9.17) is 9.84 Å². The van der Waals surface area contributed by atoms with Crippen LogP contribution in [-0.4, -0.2) is 21.0 Å². The Kier molecular flexibility index (Phi) is 4.32. The van der Waals surface area contributed by atoms with Gasteiger partial charge in [0, 0.05) is 19.5 Å². The van der Waals surface area contributed by atoms with Crippen LogP contribution in [-0.2, 0) is 0 Å². The molecule has 0 radical (unpaired) electrons. The van der Waals surface area contributed by atoms with Crippen LogP contribution >= 0.6 is 45.2 Å². The molecule has 0 atom stereocenters. The first kappa shape index (κ1) is 13.5. The van der Waals surface area contributed by atoms with E-state index < -0.39 is 5.97 Å². The fraction of sp³-hybridized carbons (Fsp3) is 0. The van der Waals surface area contributed by atoms with Gasteiger partial charge in [0.25, 0.3) is 0 Å². The molecule has 5 nitrogen and oxygen atoms in total. The smallest absolute Gasteiger partial charge is 0.339 e. The highest BCUT2D eigenvalue weighted by molar-refractivity contribution is 14.1. The molecular weight excluding hydrogens is 462 g/mol. The van der Waals surface area contributed by atoms with E-state index in [0.29, 0.717) is 0 Å². The predicted octanol–water partition coefficient (Wildman–Crippen LogP) is 3.18. The Morgan fingerprint density at radius 3 is 2.44 bits per heavy atom. The summed E-state index contributed by atoms with van der Waals surface area (Å²) in [4.78, 5) is 19.0. The van der Waals surface area contributed by atoms with Crippen molar-refractivity contribution in [1.29, 1.82) is 0 Å². The maximum absolute atomic E-state index is 11.1. The number of halogens is 2. The molecule has 7 heteroatoms. The highest BCUT2D eigenvalue weighted by atomic mass is 127. The number of nitrogens with zero attached hydrogens (tertiary/aromatic N) is 2. The van der Waals surface area contributed by atoms with E-state index in [9.17, 15) is 4.79 Å². The maximum atomic E-state index is 11.1. The molecule has 2 rings (SSSR count). The van der Waals surface area contributed by atoms with Crippen molar-refractivity contribution < 1.29 is 14.6 Å². The van der Waals surface area contributed by atoms with Crippen molar-refractivity contribution in [2.75, 3.05) is 0 Å². The standard InChI is InChI=1S/C11H6I2N2O3/c12-6-1-2-9(8(3-6)10(16)17)18-11-14-4-7(13)5-15-11/h1-5H,(H,16,17). The number of benzene rings is 1. The summed E-state index contributed by atoms with van der Waals surface area (Å²) in [6.07, 6.45) is 3.19. The molecule has 18 heavy (non-hydrogen) atoms. The highest BCUT2D eigenvalue weighted by Crippen LogP contribution is 2.25. The van der Waals surface area contributed by atoms with Crippen molar-refractivity contribution in [3.8, 4) is 11.8 Å². The summed E-state index contributed by atoms with van der Waals surface area (Å²) in [5.41, 5.74) is 0.0871. The average molecular weight is 468 g/mol. The molecule has 0 bridgehead atoms. The van der Waals surface area contributed by atoms with Gasteiger partial charge in [-0.3, -0.25) is 0 Å². The lowest BCUT2D eigenvalue weighted by Gasteiger charge is -2.07. The van der Waals surface area contributed by atoms with E-state index in [1.165, 1.54) is 6.07 Å². The lowest BCUT2D eigenvalue weighted by Crippen LogP contribution is -2.02. The molecule has 0 amide bonds. The van der Waals surface area contributed by atoms with Crippen LogP contribution in [0.5, 0.6) is 11.8 Å². The van der Waals surface area contributed by atoms with Gasteiger partial charge in [-0.2, -0.15) is 0 Å². The van der Waals surface area contributed by atoms with Crippen LogP contribution in [0.3, 0.4) is 0 Å². The molecule has 1 aromatic carbocycles. The number of aromatic carboxylic acids is 1. The molecule has 0 saturated carbocycles. The van der Waals surface area contributed by atoms with E-state index in [2.05, 4.69) is 32.6 Å². The Bertz CT molecular complexity index is 587. The molecule has 0 saturated heterocycles. The number of hydrogen-bond acceptors (Lipinski definition) is 4. The zero-order valence-electron chi connectivity index (χ0n) is 8.80. The van der Waals surface area contributed by atoms with Crippen LogP contribution in [0.25, 0.3) is 0 Å². The van der Waals surface area contributed by atoms with Crippen LogP contribution in [0.15, 0.2) is 30.6 Å². The van der Waals surface area contributed by atoms with E-state index in [-0.39, 0.29) is 17.3 Å². The van der Waals surface area contributed by atoms with Crippen molar-refractivity contribution in [3.63, 3.8) is 0 Å². The van der Waals surface area contributed by atoms with Gasteiger partial charge in [-0.25, -0.2) is 14.8 Å². The SMILES string of the molecule is O=C(O)c1cc(I)ccc1Oc1ncc(I)cn1. The Balaban J connectivity index is 2.34. The third kappa shape index (κ3) is 3.28. The van der Waals surface area contributed by atoms with E-state index in [1.54, 1.807) is 24.5 Å². The zero-order chi connectivity index (χ0) is 13.1. The molecule has 0 fully saturated rings. The highest BCUT2D eigenvalue weighted by Gasteiger charge is 2.13. The van der Waals surface area contributed by atoms with Crippen molar-refractivity contribution in [2.24, 2.45) is 0 Å². The molecule has 1 N–H and O–H groups in total. The van der Waals surface area contributed by atoms with Crippen molar-refractivity contribution in [1.82, 2.24) is 9.97 Å². The average Bonchev–Trinajstić information content (AvgIpc) is 2.34. The summed E-state index contributed by atoms with van der Waals surface area (Å²) in [7, 11) is 0. The molecule has 0 spiro atoms. The monoisotopic (exact) mass is 468 g/mol. The summed E-state index contributed by atoms with van der Waals surface area (Å²) in [5.74, 6) is -0.821. The molecule has 1 aromatic heterocycles. The number of carbonyl (C=O) groups is 1. The zero-order valence-corrected chi connectivity index (χ0v) is 13.1. The first-order valence-corrected chi connectivity index (χ1v) is 6.90. The van der Waals surface area contributed by atoms with E-state index >= 15 is 0 Å². The lowest BCUT2D eigenvalue weighted by molar-refractivity contribution is 0.0694. The van der Waals surface area contributed by atoms with Gasteiger partial charge in [0.1, 0.15) is 11.3 Å². The maximum Gasteiger partial charge on any atom is 0.339 e. The Labute approximate surface area is 130 Å². The Hall–Kier alpha value is -0.970. The molecule has 0 aliphatic carbocycles. The number of ether oxygens (including phenoxy) is 1. The fourth-order valence-corrected chi connectivity index (χ4v) is 1.98. The minimum absolute atomic E-state index is 0.0871. The second kappa shape index (κ2) is 5.78. The largest absolute Gasteiger partial charge is 0.478 e. The second-order valence-electron chi connectivity index (χ2n) is 3.23. The first-order chi connectivity index (χ1) is 8.56. The molecule has 0 unspecified atom stereocenters. The van der Waals surface area contributed by atoms with Gasteiger partial charge < -0.3 is 9.84 Å². The van der Waals surface area contributed by atoms with Crippen molar-refractivity contribution in [2.45, 2.75) is 0 Å². The van der Waals surface area contributed by atoms with Gasteiger partial charge in [0.2, 0.25) is 0 Å². The van der Waals surface area contributed by atoms with Crippen LogP contribution in [0, 0.1) is 7.14 Å². The van der Waals surface area contributed by atoms with E-state index in [0.717, 1.165) is 7.14 Å². The normalized spacial score (nSPS) is 10.1. The topological polar surface area (TPSA) is 72.3 Å². The van der Waals surface area contributed by atoms with Gasteiger partial charge >= 0.3 is 12.0 Å². The number of hydrogen-bond donors (Lipinski definition) is 1. The minimum Gasteiger partial charge on any atom is -0.478 e. The van der Waals surface area contributed by atoms with Gasteiger partial charge in [-0.05, 0) is 63.4 Å². The molecule has 1 heterocycles. The number of rotatable bonds is 3. The Morgan fingerprint density at radius 2 is 1.83 bits per heavy atom. The molecule has 92 valence electrons. The minimum atomic E-state index is -1.05. The van der Waals surface area contributed by atoms with Gasteiger partial charge in [-0.15, -0.1) is 0 Å². The summed E-state index contributed by atoms with van der Waals surface area (Å²) in [6, 6.07) is 5.01. The summed E-state index contributed by atoms with van der Waals surface area (Å²) >= 11 is 4.11. The van der Waals surface area contributed by atoms with Crippen LogP contribution in [0.1, 0.15) is 10.4 Å². The molecular formula is C11H6I2N2O3. The van der Waals surface area contributed by atoms with Crippen molar-refractivity contribution in [3.05, 3.63) is 43.3 Å². The van der Waals surface area contributed by atoms with Crippen LogP contribution < -0.4 is 4.74 Å². The van der Waals surface area contributed by atoms with E-state index in [1.807, 2.05) is 22.6 Å². The third-order valence-electron chi connectivity index (χ3n) is 1.97. The Morgan fingerprint density at radius 1 is 1.17 bits per heavy atom. The van der Waals surface area contributed by atoms with Gasteiger partial charge in [0.05, 0.1) is 0 Å². The predicted molar refractivity (Wildman–Crippen MR) is 80.9 cm³/mol. The lowest BCUT2D eigenvalue weighted by atomic mass is 10.2. The van der Waals surface area contributed by atoms with Crippen LogP contribution in [0.2, 0.25) is 0 Å². The fourth-order valence-electron chi connectivity index (χ4n) is 1.21. The quantitative estimate of drug-likeness (QED) is 0.702. The first-order valence-electron chi connectivity index (χ1n) is 4.74. The van der Waals surface area contributed by atoms with Gasteiger partial charge in [-0.1, -0.05) is 0 Å². The number of aromatic nitrogens is 2.